The molecule has 5 nitrogen and oxygen atoms in total. The van der Waals surface area contributed by atoms with Gasteiger partial charge in [-0.1, -0.05) is 6.42 Å². The number of methoxy groups -OCH3 is 1. The topological polar surface area (TPSA) is 75.6 Å². The molecule has 5 heteroatoms. The quantitative estimate of drug-likeness (QED) is 0.725. The van der Waals surface area contributed by atoms with Gasteiger partial charge in [0.15, 0.2) is 0 Å². The standard InChI is InChI=1S/C11H19NO4/c1-7(16-2)10(13)12-6-8-4-3-5-9(8)11(14)15/h7-9H,3-6H2,1-2H3,(H,12,13)(H,14,15). The number of carboxylic acid groups (broad SMARTS) is 1. The Bertz CT molecular complexity index is 267. The molecule has 0 aliphatic heterocycles. The van der Waals surface area contributed by atoms with Gasteiger partial charge in [0.05, 0.1) is 5.92 Å². The number of carbonyl (C=O) groups is 2. The zero-order valence-corrected chi connectivity index (χ0v) is 9.73. The summed E-state index contributed by atoms with van der Waals surface area (Å²) in [4.78, 5) is 22.3. The molecule has 3 unspecified atom stereocenters. The molecule has 1 saturated carbocycles. The van der Waals surface area contributed by atoms with Crippen molar-refractivity contribution in [1.29, 1.82) is 0 Å². The summed E-state index contributed by atoms with van der Waals surface area (Å²) in [5, 5.41) is 11.7. The van der Waals surface area contributed by atoms with E-state index in [1.807, 2.05) is 0 Å². The van der Waals surface area contributed by atoms with Crippen LogP contribution in [0.2, 0.25) is 0 Å². The van der Waals surface area contributed by atoms with E-state index < -0.39 is 12.1 Å². The molecular formula is C11H19NO4. The van der Waals surface area contributed by atoms with E-state index in [9.17, 15) is 9.59 Å². The smallest absolute Gasteiger partial charge is 0.306 e. The van der Waals surface area contributed by atoms with Gasteiger partial charge in [0.2, 0.25) is 5.91 Å². The molecule has 0 aromatic carbocycles. The van der Waals surface area contributed by atoms with Gasteiger partial charge in [0.1, 0.15) is 6.10 Å². The zero-order valence-electron chi connectivity index (χ0n) is 9.73. The first-order valence-corrected chi connectivity index (χ1v) is 5.59. The maximum atomic E-state index is 11.4. The number of aliphatic carboxylic acids is 1. The van der Waals surface area contributed by atoms with E-state index in [0.717, 1.165) is 19.3 Å². The molecule has 2 N–H and O–H groups in total. The van der Waals surface area contributed by atoms with Crippen LogP contribution >= 0.6 is 0 Å². The van der Waals surface area contributed by atoms with E-state index in [-0.39, 0.29) is 17.7 Å². The predicted molar refractivity (Wildman–Crippen MR) is 57.9 cm³/mol. The predicted octanol–water partition coefficient (Wildman–Crippen LogP) is 0.638. The van der Waals surface area contributed by atoms with Crippen molar-refractivity contribution in [2.24, 2.45) is 11.8 Å². The summed E-state index contributed by atoms with van der Waals surface area (Å²) >= 11 is 0. The molecule has 1 rings (SSSR count). The Balaban J connectivity index is 2.37. The molecule has 1 aliphatic rings. The fourth-order valence-electron chi connectivity index (χ4n) is 2.09. The minimum atomic E-state index is -0.753. The molecule has 0 saturated heterocycles. The van der Waals surface area contributed by atoms with Crippen LogP contribution in [-0.4, -0.2) is 36.7 Å². The van der Waals surface area contributed by atoms with Crippen LogP contribution in [0.3, 0.4) is 0 Å². The highest BCUT2D eigenvalue weighted by Crippen LogP contribution is 2.31. The van der Waals surface area contributed by atoms with Crippen LogP contribution in [0.5, 0.6) is 0 Å². The first kappa shape index (κ1) is 13.0. The van der Waals surface area contributed by atoms with Gasteiger partial charge in [-0.2, -0.15) is 0 Å². The van der Waals surface area contributed by atoms with Gasteiger partial charge in [-0.15, -0.1) is 0 Å². The van der Waals surface area contributed by atoms with Crippen molar-refractivity contribution < 1.29 is 19.4 Å². The monoisotopic (exact) mass is 229 g/mol. The second-order valence-corrected chi connectivity index (χ2v) is 4.26. The molecule has 0 spiro atoms. The molecule has 92 valence electrons. The number of ether oxygens (including phenoxy) is 1. The van der Waals surface area contributed by atoms with Gasteiger partial charge in [0, 0.05) is 13.7 Å². The van der Waals surface area contributed by atoms with Gasteiger partial charge in [-0.3, -0.25) is 9.59 Å². The second kappa shape index (κ2) is 5.84. The van der Waals surface area contributed by atoms with Crippen LogP contribution in [0.15, 0.2) is 0 Å². The highest BCUT2D eigenvalue weighted by atomic mass is 16.5. The van der Waals surface area contributed by atoms with Gasteiger partial charge >= 0.3 is 5.97 Å². The van der Waals surface area contributed by atoms with E-state index in [4.69, 9.17) is 9.84 Å². The minimum Gasteiger partial charge on any atom is -0.481 e. The van der Waals surface area contributed by atoms with Crippen molar-refractivity contribution in [3.63, 3.8) is 0 Å². The summed E-state index contributed by atoms with van der Waals surface area (Å²) in [6.07, 6.45) is 2.04. The molecule has 0 heterocycles. The third-order valence-electron chi connectivity index (χ3n) is 3.24. The van der Waals surface area contributed by atoms with Crippen LogP contribution in [0.4, 0.5) is 0 Å². The molecule has 16 heavy (non-hydrogen) atoms. The second-order valence-electron chi connectivity index (χ2n) is 4.26. The molecule has 0 aromatic rings. The van der Waals surface area contributed by atoms with Crippen molar-refractivity contribution in [2.45, 2.75) is 32.3 Å². The third-order valence-corrected chi connectivity index (χ3v) is 3.24. The molecular weight excluding hydrogens is 210 g/mol. The Morgan fingerprint density at radius 3 is 2.75 bits per heavy atom. The Morgan fingerprint density at radius 2 is 2.19 bits per heavy atom. The Labute approximate surface area is 95.2 Å². The van der Waals surface area contributed by atoms with Gasteiger partial charge in [-0.05, 0) is 25.7 Å². The Hall–Kier alpha value is -1.10. The largest absolute Gasteiger partial charge is 0.481 e. The minimum absolute atomic E-state index is 0.0607. The van der Waals surface area contributed by atoms with E-state index in [1.165, 1.54) is 7.11 Å². The van der Waals surface area contributed by atoms with Crippen LogP contribution in [0.25, 0.3) is 0 Å². The maximum absolute atomic E-state index is 11.4. The average Bonchev–Trinajstić information content (AvgIpc) is 2.72. The normalized spacial score (nSPS) is 26.4. The van der Waals surface area contributed by atoms with E-state index in [1.54, 1.807) is 6.92 Å². The van der Waals surface area contributed by atoms with Crippen LogP contribution in [0.1, 0.15) is 26.2 Å². The lowest BCUT2D eigenvalue weighted by molar-refractivity contribution is -0.143. The van der Waals surface area contributed by atoms with E-state index >= 15 is 0 Å². The molecule has 3 atom stereocenters. The summed E-state index contributed by atoms with van der Waals surface area (Å²) < 4.78 is 4.87. The number of hydrogen-bond donors (Lipinski definition) is 2. The molecule has 0 aromatic heterocycles. The summed E-state index contributed by atoms with van der Waals surface area (Å²) in [5.41, 5.74) is 0. The first-order valence-electron chi connectivity index (χ1n) is 5.59. The average molecular weight is 229 g/mol. The van der Waals surface area contributed by atoms with Gasteiger partial charge in [0.25, 0.3) is 0 Å². The molecule has 1 fully saturated rings. The molecule has 1 amide bonds. The van der Waals surface area contributed by atoms with Crippen molar-refractivity contribution in [3.8, 4) is 0 Å². The Morgan fingerprint density at radius 1 is 1.50 bits per heavy atom. The number of nitrogens with one attached hydrogen (secondary N) is 1. The van der Waals surface area contributed by atoms with E-state index in [0.29, 0.717) is 6.54 Å². The van der Waals surface area contributed by atoms with Crippen molar-refractivity contribution in [3.05, 3.63) is 0 Å². The van der Waals surface area contributed by atoms with Crippen LogP contribution in [-0.2, 0) is 14.3 Å². The van der Waals surface area contributed by atoms with Crippen molar-refractivity contribution in [2.75, 3.05) is 13.7 Å². The fraction of sp³-hybridized carbons (Fsp3) is 0.818. The highest BCUT2D eigenvalue weighted by molar-refractivity contribution is 5.80. The number of rotatable bonds is 5. The third kappa shape index (κ3) is 3.20. The van der Waals surface area contributed by atoms with Crippen molar-refractivity contribution >= 4 is 11.9 Å². The van der Waals surface area contributed by atoms with Crippen LogP contribution < -0.4 is 5.32 Å². The van der Waals surface area contributed by atoms with Crippen LogP contribution in [0, 0.1) is 11.8 Å². The fourth-order valence-corrected chi connectivity index (χ4v) is 2.09. The lowest BCUT2D eigenvalue weighted by atomic mass is 9.96. The van der Waals surface area contributed by atoms with Gasteiger partial charge < -0.3 is 15.2 Å². The number of amides is 1. The van der Waals surface area contributed by atoms with Crippen molar-refractivity contribution in [1.82, 2.24) is 5.32 Å². The maximum Gasteiger partial charge on any atom is 0.306 e. The molecule has 0 bridgehead atoms. The molecule has 1 aliphatic carbocycles. The Kier molecular flexibility index (Phi) is 4.73. The van der Waals surface area contributed by atoms with Gasteiger partial charge in [-0.25, -0.2) is 0 Å². The van der Waals surface area contributed by atoms with E-state index in [2.05, 4.69) is 5.32 Å². The SMILES string of the molecule is COC(C)C(=O)NCC1CCCC1C(=O)O. The lowest BCUT2D eigenvalue weighted by Crippen LogP contribution is -2.38. The molecule has 0 radical (unpaired) electrons. The summed E-state index contributed by atoms with van der Waals surface area (Å²) in [6, 6.07) is 0. The number of hydrogen-bond acceptors (Lipinski definition) is 3. The highest BCUT2D eigenvalue weighted by Gasteiger charge is 2.33. The summed E-state index contributed by atoms with van der Waals surface area (Å²) in [7, 11) is 1.47. The number of carboxylic acids is 1. The summed E-state index contributed by atoms with van der Waals surface area (Å²) in [5.74, 6) is -1.18. The number of carbonyl (C=O) groups excluding carboxylic acids is 1. The first-order chi connectivity index (χ1) is 7.56. The summed E-state index contributed by atoms with van der Waals surface area (Å²) in [6.45, 7) is 2.10. The lowest BCUT2D eigenvalue weighted by Gasteiger charge is -2.17. The zero-order chi connectivity index (χ0) is 12.1.